The zero-order valence-corrected chi connectivity index (χ0v) is 21.7. The number of hydrogen-bond acceptors (Lipinski definition) is 11. The molecule has 1 aromatic heterocycles. The van der Waals surface area contributed by atoms with Gasteiger partial charge in [-0.1, -0.05) is 24.0 Å². The summed E-state index contributed by atoms with van der Waals surface area (Å²) >= 11 is 8.32. The number of aryl methyl sites for hydroxylation is 1. The van der Waals surface area contributed by atoms with Gasteiger partial charge in [0.25, 0.3) is 11.6 Å². The Hall–Kier alpha value is -2.07. The van der Waals surface area contributed by atoms with Gasteiger partial charge in [0.1, 0.15) is 17.4 Å². The number of nitrogens with zero attached hydrogens (tertiary/aromatic N) is 6. The van der Waals surface area contributed by atoms with E-state index in [1.807, 2.05) is 0 Å². The molecule has 0 aromatic carbocycles. The molecule has 12 nitrogen and oxygen atoms in total. The fourth-order valence-electron chi connectivity index (χ4n) is 4.50. The number of hydrogen-bond donors (Lipinski definition) is 1. The molecule has 0 aliphatic carbocycles. The molecule has 4 rings (SSSR count). The Balaban J connectivity index is 1.58. The first kappa shape index (κ1) is 26.0. The largest absolute Gasteiger partial charge is 0.477 e. The summed E-state index contributed by atoms with van der Waals surface area (Å²) in [5.41, 5.74) is -1.07. The van der Waals surface area contributed by atoms with Crippen LogP contribution in [0.5, 0.6) is 0 Å². The van der Waals surface area contributed by atoms with Crippen LogP contribution in [0.4, 0.5) is 0 Å². The Kier molecular flexibility index (Phi) is 8.10. The van der Waals surface area contributed by atoms with E-state index >= 15 is 0 Å². The van der Waals surface area contributed by atoms with Crippen molar-refractivity contribution in [2.45, 2.75) is 48.0 Å². The smallest absolute Gasteiger partial charge is 0.352 e. The number of tetrazole rings is 1. The van der Waals surface area contributed by atoms with E-state index in [1.54, 1.807) is 7.05 Å². The number of thiocarbonyl (C=S) groups is 1. The van der Waals surface area contributed by atoms with Gasteiger partial charge in [-0.15, -0.1) is 16.9 Å². The first-order valence-corrected chi connectivity index (χ1v) is 13.5. The number of methoxy groups -OCH3 is 1. The number of aliphatic carboxylic acids is 1. The molecule has 0 spiro atoms. The summed E-state index contributed by atoms with van der Waals surface area (Å²) in [7, 11) is 3.07. The lowest BCUT2D eigenvalue weighted by Crippen LogP contribution is -2.81. The zero-order chi connectivity index (χ0) is 25.2. The Morgan fingerprint density at radius 2 is 2.29 bits per heavy atom. The van der Waals surface area contributed by atoms with Crippen LogP contribution in [0.25, 0.3) is 0 Å². The summed E-state index contributed by atoms with van der Waals surface area (Å²) in [4.78, 5) is 40.6. The minimum Gasteiger partial charge on any atom is -0.477 e. The van der Waals surface area contributed by atoms with Crippen LogP contribution in [0.2, 0.25) is 0 Å². The predicted molar refractivity (Wildman–Crippen MR) is 131 cm³/mol. The topological polar surface area (TPSA) is 140 Å². The number of amides is 1. The molecule has 4 heterocycles. The minimum atomic E-state index is -1.57. The fourth-order valence-corrected chi connectivity index (χ4v) is 7.38. The normalized spacial score (nSPS) is 26.2. The number of carboxylic acid groups (broad SMARTS) is 1. The number of carboxylic acids is 1. The van der Waals surface area contributed by atoms with Gasteiger partial charge in [0.2, 0.25) is 5.16 Å². The van der Waals surface area contributed by atoms with Crippen LogP contribution in [0.1, 0.15) is 25.7 Å². The SMILES string of the molecule is CO[C@@]1(N(CC=O)C(=S)CC2CCCCO2)C(=O)N2C(C(=O)O)=C(CSc3nnnn3C)CS[C@H]21. The third-order valence-electron chi connectivity index (χ3n) is 6.19. The van der Waals surface area contributed by atoms with Crippen LogP contribution in [0.15, 0.2) is 16.4 Å². The summed E-state index contributed by atoms with van der Waals surface area (Å²) in [5.74, 6) is -1.12. The van der Waals surface area contributed by atoms with E-state index in [2.05, 4.69) is 15.5 Å². The van der Waals surface area contributed by atoms with Crippen LogP contribution >= 0.6 is 35.7 Å². The Bertz CT molecular complexity index is 1040. The number of carbonyl (C=O) groups is 3. The third kappa shape index (κ3) is 4.71. The van der Waals surface area contributed by atoms with E-state index in [0.29, 0.717) is 46.5 Å². The number of aldehydes is 1. The molecule has 190 valence electrons. The number of β-lactam (4-membered cyclic amide) rings is 1. The molecule has 1 amide bonds. The molecule has 2 saturated heterocycles. The quantitative estimate of drug-likeness (QED) is 0.146. The summed E-state index contributed by atoms with van der Waals surface area (Å²) in [6.07, 6.45) is 3.84. The first-order chi connectivity index (χ1) is 16.8. The second kappa shape index (κ2) is 10.9. The summed E-state index contributed by atoms with van der Waals surface area (Å²) in [6.45, 7) is 0.504. The van der Waals surface area contributed by atoms with Crippen LogP contribution < -0.4 is 0 Å². The van der Waals surface area contributed by atoms with Gasteiger partial charge in [-0.25, -0.2) is 9.48 Å². The average molecular weight is 543 g/mol. The van der Waals surface area contributed by atoms with Gasteiger partial charge in [0.15, 0.2) is 0 Å². The van der Waals surface area contributed by atoms with Gasteiger partial charge in [0, 0.05) is 38.7 Å². The van der Waals surface area contributed by atoms with E-state index in [9.17, 15) is 19.5 Å². The molecular weight excluding hydrogens is 516 g/mol. The molecule has 3 atom stereocenters. The highest BCUT2D eigenvalue weighted by atomic mass is 32.2. The highest BCUT2D eigenvalue weighted by Crippen LogP contribution is 2.50. The van der Waals surface area contributed by atoms with Crippen molar-refractivity contribution in [3.63, 3.8) is 0 Å². The molecule has 1 N–H and O–H groups in total. The standard InChI is InChI=1S/C20H26N6O6S3/c1-24-19(21-22-23-24)35-11-12-10-34-18-20(31-2,17(30)26(18)15(12)16(28)29)25(6-7-27)14(33)9-13-5-3-4-8-32-13/h7,13,18H,3-6,8-11H2,1-2H3,(H,28,29)/t13?,18-,20-/m0/s1. The molecule has 2 fully saturated rings. The molecule has 1 unspecified atom stereocenters. The molecule has 3 aliphatic heterocycles. The van der Waals surface area contributed by atoms with Crippen molar-refractivity contribution in [3.8, 4) is 0 Å². The number of ether oxygens (including phenoxy) is 2. The molecule has 35 heavy (non-hydrogen) atoms. The van der Waals surface area contributed by atoms with Gasteiger partial charge in [-0.3, -0.25) is 9.69 Å². The van der Waals surface area contributed by atoms with Crippen molar-refractivity contribution in [2.24, 2.45) is 7.05 Å². The van der Waals surface area contributed by atoms with Crippen molar-refractivity contribution >= 4 is 58.9 Å². The fraction of sp³-hybridized carbons (Fsp3) is 0.650. The van der Waals surface area contributed by atoms with Crippen molar-refractivity contribution in [1.29, 1.82) is 0 Å². The molecule has 0 radical (unpaired) electrons. The van der Waals surface area contributed by atoms with Crippen LogP contribution in [-0.4, -0.2) is 107 Å². The molecule has 1 aromatic rings. The zero-order valence-electron chi connectivity index (χ0n) is 19.3. The number of carbonyl (C=O) groups excluding carboxylic acids is 2. The van der Waals surface area contributed by atoms with Gasteiger partial charge in [-0.2, -0.15) is 0 Å². The minimum absolute atomic E-state index is 0.0818. The summed E-state index contributed by atoms with van der Waals surface area (Å²) in [5, 5.41) is 21.1. The molecule has 15 heteroatoms. The molecule has 3 aliphatic rings. The van der Waals surface area contributed by atoms with E-state index in [0.717, 1.165) is 19.3 Å². The van der Waals surface area contributed by atoms with Crippen LogP contribution in [0, 0.1) is 0 Å². The maximum Gasteiger partial charge on any atom is 0.352 e. The van der Waals surface area contributed by atoms with E-state index in [-0.39, 0.29) is 18.3 Å². The first-order valence-electron chi connectivity index (χ1n) is 11.0. The third-order valence-corrected chi connectivity index (χ3v) is 9.04. The number of thioether (sulfide) groups is 2. The van der Waals surface area contributed by atoms with Crippen LogP contribution in [0.3, 0.4) is 0 Å². The Morgan fingerprint density at radius 3 is 2.89 bits per heavy atom. The molecular formula is C20H26N6O6S3. The monoisotopic (exact) mass is 542 g/mol. The van der Waals surface area contributed by atoms with Gasteiger partial charge in [-0.05, 0) is 35.3 Å². The second-order valence-corrected chi connectivity index (χ2v) is 10.7. The van der Waals surface area contributed by atoms with E-state index < -0.39 is 23.0 Å². The van der Waals surface area contributed by atoms with E-state index in [4.69, 9.17) is 21.7 Å². The highest BCUT2D eigenvalue weighted by Gasteiger charge is 2.69. The van der Waals surface area contributed by atoms with Gasteiger partial charge in [0.05, 0.1) is 17.6 Å². The average Bonchev–Trinajstić information content (AvgIpc) is 3.27. The number of rotatable bonds is 10. The highest BCUT2D eigenvalue weighted by molar-refractivity contribution is 8.01. The molecule has 0 saturated carbocycles. The van der Waals surface area contributed by atoms with Crippen molar-refractivity contribution in [1.82, 2.24) is 30.0 Å². The van der Waals surface area contributed by atoms with Gasteiger partial charge < -0.3 is 24.3 Å². The lowest BCUT2D eigenvalue weighted by atomic mass is 9.95. The Labute approximate surface area is 215 Å². The number of fused-ring (bicyclic) bond motifs is 1. The maximum atomic E-state index is 13.6. The Morgan fingerprint density at radius 1 is 1.49 bits per heavy atom. The van der Waals surface area contributed by atoms with E-state index in [1.165, 1.54) is 45.1 Å². The van der Waals surface area contributed by atoms with Crippen molar-refractivity contribution in [2.75, 3.05) is 31.8 Å². The maximum absolute atomic E-state index is 13.6. The van der Waals surface area contributed by atoms with Crippen molar-refractivity contribution in [3.05, 3.63) is 11.3 Å². The lowest BCUT2D eigenvalue weighted by Gasteiger charge is -2.60. The number of aromatic nitrogens is 4. The van der Waals surface area contributed by atoms with Crippen LogP contribution in [-0.2, 0) is 30.9 Å². The summed E-state index contributed by atoms with van der Waals surface area (Å²) < 4.78 is 13.0. The second-order valence-electron chi connectivity index (χ2n) is 8.23. The predicted octanol–water partition coefficient (Wildman–Crippen LogP) is 0.686. The molecule has 0 bridgehead atoms. The van der Waals surface area contributed by atoms with Gasteiger partial charge >= 0.3 is 5.97 Å². The summed E-state index contributed by atoms with van der Waals surface area (Å²) in [6, 6.07) is 0. The van der Waals surface area contributed by atoms with Crippen molar-refractivity contribution < 1.29 is 29.0 Å². The lowest BCUT2D eigenvalue weighted by molar-refractivity contribution is -0.210.